The van der Waals surface area contributed by atoms with E-state index in [1.165, 1.54) is 0 Å². The first-order valence-corrected chi connectivity index (χ1v) is 7.75. The van der Waals surface area contributed by atoms with Crippen molar-refractivity contribution in [3.63, 3.8) is 0 Å². The predicted octanol–water partition coefficient (Wildman–Crippen LogP) is 2.63. The highest BCUT2D eigenvalue weighted by molar-refractivity contribution is 6.01. The topological polar surface area (TPSA) is 62.3 Å². The highest BCUT2D eigenvalue weighted by Gasteiger charge is 2.34. The molecule has 2 aromatic rings. The second-order valence-corrected chi connectivity index (χ2v) is 5.70. The summed E-state index contributed by atoms with van der Waals surface area (Å²) in [6, 6.07) is 12.4. The van der Waals surface area contributed by atoms with Crippen molar-refractivity contribution in [1.82, 2.24) is 9.88 Å². The van der Waals surface area contributed by atoms with Gasteiger partial charge in [0.2, 0.25) is 5.91 Å². The average Bonchev–Trinajstić information content (AvgIpc) is 3.05. The van der Waals surface area contributed by atoms with Gasteiger partial charge in [0.1, 0.15) is 6.04 Å². The lowest BCUT2D eigenvalue weighted by molar-refractivity contribution is -0.119. The molecule has 1 aliphatic heterocycles. The van der Waals surface area contributed by atoms with Crippen LogP contribution in [0.3, 0.4) is 0 Å². The Hall–Kier alpha value is -2.69. The summed E-state index contributed by atoms with van der Waals surface area (Å²) in [5.74, 6) is -0.273. The third-order valence-corrected chi connectivity index (χ3v) is 4.02. The van der Waals surface area contributed by atoms with E-state index >= 15 is 0 Å². The minimum Gasteiger partial charge on any atom is -0.327 e. The van der Waals surface area contributed by atoms with E-state index in [1.54, 1.807) is 17.2 Å². The number of para-hydroxylation sites is 1. The molecule has 23 heavy (non-hydrogen) atoms. The molecule has 1 unspecified atom stereocenters. The fraction of sp³-hybridized carbons (Fsp3) is 0.278. The molecule has 1 aromatic carbocycles. The van der Waals surface area contributed by atoms with Gasteiger partial charge < -0.3 is 10.2 Å². The van der Waals surface area contributed by atoms with Crippen molar-refractivity contribution in [2.24, 2.45) is 0 Å². The molecular formula is C18H19N3O2. The summed E-state index contributed by atoms with van der Waals surface area (Å²) in [4.78, 5) is 30.9. The molecule has 5 heteroatoms. The first-order chi connectivity index (χ1) is 11.1. The molecule has 5 nitrogen and oxygen atoms in total. The van der Waals surface area contributed by atoms with Gasteiger partial charge in [-0.3, -0.25) is 14.6 Å². The lowest BCUT2D eigenvalue weighted by atomic mass is 10.1. The van der Waals surface area contributed by atoms with Crippen LogP contribution in [-0.2, 0) is 4.79 Å². The number of nitrogens with zero attached hydrogens (tertiary/aromatic N) is 2. The Morgan fingerprint density at radius 1 is 1.17 bits per heavy atom. The number of benzene rings is 1. The van der Waals surface area contributed by atoms with Gasteiger partial charge in [-0.25, -0.2) is 0 Å². The van der Waals surface area contributed by atoms with E-state index < -0.39 is 6.04 Å². The third kappa shape index (κ3) is 3.39. The maximum atomic E-state index is 12.6. The van der Waals surface area contributed by atoms with Crippen LogP contribution in [0.2, 0.25) is 0 Å². The largest absolute Gasteiger partial charge is 0.327 e. The van der Waals surface area contributed by atoms with Crippen molar-refractivity contribution in [3.8, 4) is 0 Å². The Balaban J connectivity index is 1.73. The Morgan fingerprint density at radius 3 is 2.65 bits per heavy atom. The maximum Gasteiger partial charge on any atom is 0.256 e. The molecular weight excluding hydrogens is 290 g/mol. The molecule has 1 atom stereocenters. The Kier molecular flexibility index (Phi) is 4.37. The SMILES string of the molecule is Cc1ccc(C(=O)N2CCCC2C(=O)Nc2ccccc2)cn1. The minimum absolute atomic E-state index is 0.136. The van der Waals surface area contributed by atoms with E-state index in [2.05, 4.69) is 10.3 Å². The van der Waals surface area contributed by atoms with Crippen LogP contribution < -0.4 is 5.32 Å². The fourth-order valence-corrected chi connectivity index (χ4v) is 2.79. The monoisotopic (exact) mass is 309 g/mol. The van der Waals surface area contributed by atoms with Crippen LogP contribution in [0.15, 0.2) is 48.7 Å². The lowest BCUT2D eigenvalue weighted by Gasteiger charge is -2.24. The van der Waals surface area contributed by atoms with Crippen LogP contribution in [0.5, 0.6) is 0 Å². The van der Waals surface area contributed by atoms with Gasteiger partial charge in [0.05, 0.1) is 5.56 Å². The number of nitrogens with one attached hydrogen (secondary N) is 1. The van der Waals surface area contributed by atoms with E-state index in [9.17, 15) is 9.59 Å². The maximum absolute atomic E-state index is 12.6. The number of aryl methyl sites for hydroxylation is 1. The molecule has 0 saturated carbocycles. The Labute approximate surface area is 135 Å². The summed E-state index contributed by atoms with van der Waals surface area (Å²) in [7, 11) is 0. The first-order valence-electron chi connectivity index (χ1n) is 7.75. The number of rotatable bonds is 3. The molecule has 2 heterocycles. The van der Waals surface area contributed by atoms with Gasteiger partial charge in [-0.1, -0.05) is 18.2 Å². The van der Waals surface area contributed by atoms with Gasteiger partial charge in [-0.05, 0) is 44.0 Å². The van der Waals surface area contributed by atoms with Gasteiger partial charge in [0.25, 0.3) is 5.91 Å². The zero-order valence-corrected chi connectivity index (χ0v) is 13.0. The number of hydrogen-bond acceptors (Lipinski definition) is 3. The molecule has 1 aromatic heterocycles. The number of likely N-dealkylation sites (tertiary alicyclic amines) is 1. The second-order valence-electron chi connectivity index (χ2n) is 5.70. The first kappa shape index (κ1) is 15.2. The van der Waals surface area contributed by atoms with E-state index in [1.807, 2.05) is 43.3 Å². The number of aromatic nitrogens is 1. The van der Waals surface area contributed by atoms with Crippen LogP contribution in [0, 0.1) is 6.92 Å². The zero-order chi connectivity index (χ0) is 16.2. The van der Waals surface area contributed by atoms with E-state index in [0.717, 1.165) is 17.8 Å². The average molecular weight is 309 g/mol. The number of amides is 2. The fourth-order valence-electron chi connectivity index (χ4n) is 2.79. The summed E-state index contributed by atoms with van der Waals surface area (Å²) in [5, 5.41) is 2.88. The van der Waals surface area contributed by atoms with Crippen molar-refractivity contribution >= 4 is 17.5 Å². The van der Waals surface area contributed by atoms with E-state index in [0.29, 0.717) is 18.5 Å². The van der Waals surface area contributed by atoms with Gasteiger partial charge in [0, 0.05) is 24.1 Å². The minimum atomic E-state index is -0.427. The third-order valence-electron chi connectivity index (χ3n) is 4.02. The van der Waals surface area contributed by atoms with Gasteiger partial charge >= 0.3 is 0 Å². The zero-order valence-electron chi connectivity index (χ0n) is 13.0. The van der Waals surface area contributed by atoms with Gasteiger partial charge in [0.15, 0.2) is 0 Å². The van der Waals surface area contributed by atoms with Crippen molar-refractivity contribution in [2.45, 2.75) is 25.8 Å². The Bertz CT molecular complexity index is 698. The smallest absolute Gasteiger partial charge is 0.256 e. The van der Waals surface area contributed by atoms with Crippen LogP contribution in [0.1, 0.15) is 28.9 Å². The van der Waals surface area contributed by atoms with Crippen LogP contribution in [-0.4, -0.2) is 34.3 Å². The van der Waals surface area contributed by atoms with Crippen LogP contribution in [0.4, 0.5) is 5.69 Å². The molecule has 2 amide bonds. The molecule has 0 spiro atoms. The molecule has 3 rings (SSSR count). The summed E-state index contributed by atoms with van der Waals surface area (Å²) in [6.07, 6.45) is 3.09. The summed E-state index contributed by atoms with van der Waals surface area (Å²) in [6.45, 7) is 2.47. The Morgan fingerprint density at radius 2 is 1.96 bits per heavy atom. The van der Waals surface area contributed by atoms with Crippen molar-refractivity contribution in [2.75, 3.05) is 11.9 Å². The highest BCUT2D eigenvalue weighted by atomic mass is 16.2. The molecule has 1 fully saturated rings. The van der Waals surface area contributed by atoms with E-state index in [-0.39, 0.29) is 11.8 Å². The number of anilines is 1. The predicted molar refractivity (Wildman–Crippen MR) is 88.1 cm³/mol. The standard InChI is InChI=1S/C18H19N3O2/c1-13-9-10-14(12-19-13)18(23)21-11-5-8-16(21)17(22)20-15-6-3-2-4-7-15/h2-4,6-7,9-10,12,16H,5,8,11H2,1H3,(H,20,22). The molecule has 1 N–H and O–H groups in total. The second kappa shape index (κ2) is 6.60. The molecule has 0 aliphatic carbocycles. The molecule has 1 aliphatic rings. The normalized spacial score (nSPS) is 17.1. The van der Waals surface area contributed by atoms with Crippen LogP contribution in [0.25, 0.3) is 0 Å². The van der Waals surface area contributed by atoms with Gasteiger partial charge in [-0.15, -0.1) is 0 Å². The molecule has 118 valence electrons. The summed E-state index contributed by atoms with van der Waals surface area (Å²) >= 11 is 0. The van der Waals surface area contributed by atoms with Crippen molar-refractivity contribution in [3.05, 3.63) is 59.9 Å². The molecule has 0 bridgehead atoms. The highest BCUT2D eigenvalue weighted by Crippen LogP contribution is 2.21. The quantitative estimate of drug-likeness (QED) is 0.948. The number of hydrogen-bond donors (Lipinski definition) is 1. The number of carbonyl (C=O) groups excluding carboxylic acids is 2. The van der Waals surface area contributed by atoms with Gasteiger partial charge in [-0.2, -0.15) is 0 Å². The van der Waals surface area contributed by atoms with Crippen molar-refractivity contribution in [1.29, 1.82) is 0 Å². The number of pyridine rings is 1. The summed E-state index contributed by atoms with van der Waals surface area (Å²) < 4.78 is 0. The van der Waals surface area contributed by atoms with Crippen molar-refractivity contribution < 1.29 is 9.59 Å². The van der Waals surface area contributed by atoms with E-state index in [4.69, 9.17) is 0 Å². The number of carbonyl (C=O) groups is 2. The lowest BCUT2D eigenvalue weighted by Crippen LogP contribution is -2.43. The molecule has 0 radical (unpaired) electrons. The molecule has 1 saturated heterocycles. The summed E-state index contributed by atoms with van der Waals surface area (Å²) in [5.41, 5.74) is 2.13. The van der Waals surface area contributed by atoms with Crippen LogP contribution >= 0.6 is 0 Å².